The fourth-order valence-electron chi connectivity index (χ4n) is 2.15. The van der Waals surface area contributed by atoms with Gasteiger partial charge >= 0.3 is 0 Å². The summed E-state index contributed by atoms with van der Waals surface area (Å²) in [6, 6.07) is 0. The van der Waals surface area contributed by atoms with Gasteiger partial charge in [0, 0.05) is 0 Å². The average molecular weight is 212 g/mol. The Hall–Kier alpha value is -0.340. The maximum atomic E-state index is 5.90. The number of hydrogen-bond acceptors (Lipinski definition) is 2. The molecular weight excluding hydrogens is 188 g/mol. The first-order chi connectivity index (χ1) is 6.77. The van der Waals surface area contributed by atoms with Crippen LogP contribution in [0.5, 0.6) is 0 Å². The second kappa shape index (κ2) is 4.26. The topological polar surface area (TPSA) is 18.5 Å². The molecule has 0 radical (unpaired) electrons. The van der Waals surface area contributed by atoms with E-state index in [4.69, 9.17) is 9.47 Å². The van der Waals surface area contributed by atoms with Crippen LogP contribution in [0.3, 0.4) is 0 Å². The Morgan fingerprint density at radius 2 is 1.93 bits per heavy atom. The van der Waals surface area contributed by atoms with Crippen molar-refractivity contribution in [2.45, 2.75) is 65.0 Å². The number of rotatable bonds is 4. The van der Waals surface area contributed by atoms with Crippen LogP contribution in [0.4, 0.5) is 0 Å². The van der Waals surface area contributed by atoms with E-state index in [1.807, 2.05) is 19.9 Å². The third-order valence-electron chi connectivity index (χ3n) is 3.00. The molecule has 1 saturated heterocycles. The van der Waals surface area contributed by atoms with Crippen molar-refractivity contribution in [3.63, 3.8) is 0 Å². The van der Waals surface area contributed by atoms with Crippen molar-refractivity contribution in [1.82, 2.24) is 0 Å². The highest BCUT2D eigenvalue weighted by atomic mass is 16.8. The summed E-state index contributed by atoms with van der Waals surface area (Å²) < 4.78 is 11.8. The molecule has 0 bridgehead atoms. The molecule has 0 aromatic carbocycles. The largest absolute Gasteiger partial charge is 0.344 e. The van der Waals surface area contributed by atoms with Crippen molar-refractivity contribution in [2.24, 2.45) is 5.92 Å². The lowest BCUT2D eigenvalue weighted by Gasteiger charge is -2.24. The predicted octanol–water partition coefficient (Wildman–Crippen LogP) is 3.52. The molecule has 2 nitrogen and oxygen atoms in total. The highest BCUT2D eigenvalue weighted by Crippen LogP contribution is 2.38. The fourth-order valence-corrected chi connectivity index (χ4v) is 2.15. The summed E-state index contributed by atoms with van der Waals surface area (Å²) in [5.74, 6) is 0.110. The van der Waals surface area contributed by atoms with Gasteiger partial charge in [0.1, 0.15) is 0 Å². The quantitative estimate of drug-likeness (QED) is 0.664. The zero-order valence-corrected chi connectivity index (χ0v) is 10.7. The Balaban J connectivity index is 2.52. The zero-order valence-electron chi connectivity index (χ0n) is 10.7. The van der Waals surface area contributed by atoms with E-state index in [0.717, 1.165) is 12.8 Å². The summed E-state index contributed by atoms with van der Waals surface area (Å²) in [7, 11) is 0. The van der Waals surface area contributed by atoms with E-state index in [0.29, 0.717) is 5.92 Å². The Morgan fingerprint density at radius 1 is 1.33 bits per heavy atom. The summed E-state index contributed by atoms with van der Waals surface area (Å²) in [6.45, 7) is 14.1. The van der Waals surface area contributed by atoms with E-state index in [2.05, 4.69) is 27.4 Å². The van der Waals surface area contributed by atoms with Crippen LogP contribution in [0.2, 0.25) is 0 Å². The third-order valence-corrected chi connectivity index (χ3v) is 3.00. The van der Waals surface area contributed by atoms with E-state index >= 15 is 0 Å². The second-order valence-electron chi connectivity index (χ2n) is 5.50. The Morgan fingerprint density at radius 3 is 2.33 bits per heavy atom. The number of ether oxygens (including phenoxy) is 2. The molecule has 88 valence electrons. The number of allylic oxidation sites excluding steroid dienone is 1. The standard InChI is InChI=1S/C13H24O2/c1-7-10(2)8-9-11-12(3,4)15-13(5,6)14-11/h7,10-11H,1,8-9H2,2-6H3/t10-,11-/m1/s1. The van der Waals surface area contributed by atoms with Crippen molar-refractivity contribution < 1.29 is 9.47 Å². The zero-order chi connectivity index (χ0) is 11.7. The first kappa shape index (κ1) is 12.7. The molecule has 0 spiro atoms. The molecule has 1 aliphatic rings. The average Bonchev–Trinajstić information content (AvgIpc) is 2.29. The maximum Gasteiger partial charge on any atom is 0.164 e. The molecule has 2 heteroatoms. The molecule has 0 aliphatic carbocycles. The summed E-state index contributed by atoms with van der Waals surface area (Å²) in [5.41, 5.74) is -0.176. The van der Waals surface area contributed by atoms with Crippen molar-refractivity contribution in [3.8, 4) is 0 Å². The SMILES string of the molecule is C=C[C@@H](C)CC[C@H]1OC(C)(C)OC1(C)C. The van der Waals surface area contributed by atoms with Crippen LogP contribution in [0.25, 0.3) is 0 Å². The fraction of sp³-hybridized carbons (Fsp3) is 0.846. The summed E-state index contributed by atoms with van der Waals surface area (Å²) in [6.07, 6.45) is 4.32. The van der Waals surface area contributed by atoms with Gasteiger partial charge in [-0.25, -0.2) is 0 Å². The predicted molar refractivity (Wildman–Crippen MR) is 62.7 cm³/mol. The molecule has 15 heavy (non-hydrogen) atoms. The van der Waals surface area contributed by atoms with Crippen LogP contribution in [0.15, 0.2) is 12.7 Å². The molecule has 1 aliphatic heterocycles. The summed E-state index contributed by atoms with van der Waals surface area (Å²) >= 11 is 0. The molecule has 0 saturated carbocycles. The van der Waals surface area contributed by atoms with Gasteiger partial charge in [-0.05, 0) is 46.5 Å². The molecule has 1 heterocycles. The third kappa shape index (κ3) is 3.32. The first-order valence-electron chi connectivity index (χ1n) is 5.77. The first-order valence-corrected chi connectivity index (χ1v) is 5.77. The maximum absolute atomic E-state index is 5.90. The van der Waals surface area contributed by atoms with E-state index in [1.54, 1.807) is 0 Å². The minimum Gasteiger partial charge on any atom is -0.344 e. The van der Waals surface area contributed by atoms with Gasteiger partial charge < -0.3 is 9.47 Å². The van der Waals surface area contributed by atoms with Crippen LogP contribution in [0.1, 0.15) is 47.5 Å². The minimum atomic E-state index is -0.439. The minimum absolute atomic E-state index is 0.176. The highest BCUT2D eigenvalue weighted by Gasteiger charge is 2.46. The molecular formula is C13H24O2. The smallest absolute Gasteiger partial charge is 0.164 e. The van der Waals surface area contributed by atoms with Crippen LogP contribution in [0, 0.1) is 5.92 Å². The van der Waals surface area contributed by atoms with Gasteiger partial charge in [0.05, 0.1) is 11.7 Å². The van der Waals surface area contributed by atoms with Crippen molar-refractivity contribution >= 4 is 0 Å². The van der Waals surface area contributed by atoms with Gasteiger partial charge in [0.2, 0.25) is 0 Å². The molecule has 0 aromatic rings. The molecule has 0 amide bonds. The van der Waals surface area contributed by atoms with Gasteiger partial charge in [-0.15, -0.1) is 6.58 Å². The van der Waals surface area contributed by atoms with E-state index < -0.39 is 5.79 Å². The normalized spacial score (nSPS) is 30.1. The Kier molecular flexibility index (Phi) is 3.62. The lowest BCUT2D eigenvalue weighted by Crippen LogP contribution is -2.33. The molecule has 0 unspecified atom stereocenters. The summed E-state index contributed by atoms with van der Waals surface area (Å²) in [4.78, 5) is 0. The van der Waals surface area contributed by atoms with E-state index in [1.165, 1.54) is 0 Å². The molecule has 0 N–H and O–H groups in total. The number of hydrogen-bond donors (Lipinski definition) is 0. The van der Waals surface area contributed by atoms with Gasteiger partial charge in [-0.1, -0.05) is 13.0 Å². The molecule has 1 fully saturated rings. The Bertz CT molecular complexity index is 231. The van der Waals surface area contributed by atoms with E-state index in [9.17, 15) is 0 Å². The lowest BCUT2D eigenvalue weighted by molar-refractivity contribution is -0.157. The monoisotopic (exact) mass is 212 g/mol. The van der Waals surface area contributed by atoms with Crippen LogP contribution < -0.4 is 0 Å². The van der Waals surface area contributed by atoms with Crippen LogP contribution >= 0.6 is 0 Å². The molecule has 2 atom stereocenters. The van der Waals surface area contributed by atoms with Crippen molar-refractivity contribution in [1.29, 1.82) is 0 Å². The van der Waals surface area contributed by atoms with Gasteiger partial charge in [0.25, 0.3) is 0 Å². The van der Waals surface area contributed by atoms with E-state index in [-0.39, 0.29) is 11.7 Å². The van der Waals surface area contributed by atoms with Crippen molar-refractivity contribution in [3.05, 3.63) is 12.7 Å². The lowest BCUT2D eigenvalue weighted by atomic mass is 9.94. The molecule has 1 rings (SSSR count). The highest BCUT2D eigenvalue weighted by molar-refractivity contribution is 4.90. The molecule has 0 aromatic heterocycles. The second-order valence-corrected chi connectivity index (χ2v) is 5.50. The van der Waals surface area contributed by atoms with Crippen molar-refractivity contribution in [2.75, 3.05) is 0 Å². The van der Waals surface area contributed by atoms with Gasteiger partial charge in [-0.2, -0.15) is 0 Å². The Labute approximate surface area is 93.7 Å². The van der Waals surface area contributed by atoms with Crippen LogP contribution in [-0.4, -0.2) is 17.5 Å². The van der Waals surface area contributed by atoms with Gasteiger partial charge in [-0.3, -0.25) is 0 Å². The van der Waals surface area contributed by atoms with Gasteiger partial charge in [0.15, 0.2) is 5.79 Å². The summed E-state index contributed by atoms with van der Waals surface area (Å²) in [5, 5.41) is 0. The van der Waals surface area contributed by atoms with Crippen LogP contribution in [-0.2, 0) is 9.47 Å².